The number of rotatable bonds is 0. The van der Waals surface area contributed by atoms with E-state index in [0.717, 1.165) is 0 Å². The summed E-state index contributed by atoms with van der Waals surface area (Å²) in [4.78, 5) is -1.05. The average molecular weight is 218 g/mol. The normalized spacial score (nSPS) is 40.5. The molecule has 1 aliphatic heterocycles. The summed E-state index contributed by atoms with van der Waals surface area (Å²) in [5, 5.41) is -1.00. The molecule has 0 aromatic carbocycles. The lowest BCUT2D eigenvalue weighted by Gasteiger charge is -1.99. The Morgan fingerprint density at radius 1 is 1.18 bits per heavy atom. The van der Waals surface area contributed by atoms with Crippen molar-refractivity contribution >= 4 is 29.5 Å². The van der Waals surface area contributed by atoms with Crippen molar-refractivity contribution in [2.45, 2.75) is 17.2 Å². The second-order valence-corrected chi connectivity index (χ2v) is 7.23. The first-order valence-electron chi connectivity index (χ1n) is 2.72. The molecule has 3 atom stereocenters. The molecule has 1 rings (SSSR count). The van der Waals surface area contributed by atoms with Crippen LogP contribution in [-0.4, -0.2) is 27.1 Å². The zero-order valence-corrected chi connectivity index (χ0v) is 8.38. The van der Waals surface area contributed by atoms with Crippen molar-refractivity contribution in [3.05, 3.63) is 0 Å². The summed E-state index contributed by atoms with van der Waals surface area (Å²) in [6.07, 6.45) is 0. The maximum absolute atomic E-state index is 10.8. The Hall–Kier alpha value is 0.290. The van der Waals surface area contributed by atoms with Gasteiger partial charge in [0.05, 0.1) is 0 Å². The van der Waals surface area contributed by atoms with Gasteiger partial charge in [-0.25, -0.2) is 0 Å². The SMILES string of the molecule is CC1C(P)S(=O)(=O)OS1(=O)=O. The van der Waals surface area contributed by atoms with Crippen molar-refractivity contribution < 1.29 is 20.5 Å². The van der Waals surface area contributed by atoms with Gasteiger partial charge in [0.2, 0.25) is 0 Å². The number of hydrogen-bond acceptors (Lipinski definition) is 5. The van der Waals surface area contributed by atoms with E-state index in [0.29, 0.717) is 0 Å². The highest BCUT2D eigenvalue weighted by Crippen LogP contribution is 2.31. The van der Waals surface area contributed by atoms with Crippen molar-refractivity contribution in [3.63, 3.8) is 0 Å². The zero-order chi connectivity index (χ0) is 8.86. The first-order valence-corrected chi connectivity index (χ1v) is 6.32. The minimum absolute atomic E-state index is 1.00. The standard InChI is InChI=1S/C3H7O5PS2/c1-2-3(9)11(6,7)8-10(2,4)5/h2-3H,9H2,1H3. The molecule has 0 bridgehead atoms. The quantitative estimate of drug-likeness (QED) is 0.501. The lowest BCUT2D eigenvalue weighted by Crippen LogP contribution is -2.19. The molecule has 1 aliphatic rings. The van der Waals surface area contributed by atoms with E-state index in [4.69, 9.17) is 0 Å². The van der Waals surface area contributed by atoms with Crippen LogP contribution in [0.1, 0.15) is 6.92 Å². The maximum atomic E-state index is 10.8. The molecule has 5 nitrogen and oxygen atoms in total. The van der Waals surface area contributed by atoms with Gasteiger partial charge in [0.15, 0.2) is 0 Å². The lowest BCUT2D eigenvalue weighted by atomic mass is 10.5. The van der Waals surface area contributed by atoms with E-state index in [9.17, 15) is 16.8 Å². The minimum Gasteiger partial charge on any atom is -0.198 e. The van der Waals surface area contributed by atoms with Gasteiger partial charge >= 0.3 is 0 Å². The van der Waals surface area contributed by atoms with Crippen molar-refractivity contribution in [2.75, 3.05) is 0 Å². The van der Waals surface area contributed by atoms with Crippen LogP contribution in [0.3, 0.4) is 0 Å². The topological polar surface area (TPSA) is 77.5 Å². The smallest absolute Gasteiger partial charge is 0.198 e. The summed E-state index contributed by atoms with van der Waals surface area (Å²) in [7, 11) is -5.87. The van der Waals surface area contributed by atoms with Gasteiger partial charge in [-0.2, -0.15) is 16.8 Å². The molecule has 11 heavy (non-hydrogen) atoms. The molecule has 0 spiro atoms. The largest absolute Gasteiger partial charge is 0.289 e. The second kappa shape index (κ2) is 2.39. The highest BCUT2D eigenvalue weighted by Gasteiger charge is 2.47. The van der Waals surface area contributed by atoms with E-state index in [1.807, 2.05) is 9.24 Å². The Labute approximate surface area is 67.6 Å². The molecule has 1 saturated heterocycles. The zero-order valence-electron chi connectivity index (χ0n) is 5.59. The molecular formula is C3H7O5PS2. The molecule has 0 aliphatic carbocycles. The molecule has 8 heteroatoms. The molecule has 66 valence electrons. The Morgan fingerprint density at radius 2 is 1.64 bits per heavy atom. The van der Waals surface area contributed by atoms with Crippen LogP contribution in [0.5, 0.6) is 0 Å². The molecule has 0 aromatic heterocycles. The van der Waals surface area contributed by atoms with Gasteiger partial charge in [-0.1, -0.05) is 0 Å². The third-order valence-electron chi connectivity index (χ3n) is 1.44. The molecule has 0 amide bonds. The predicted octanol–water partition coefficient (Wildman–Crippen LogP) is -0.734. The monoisotopic (exact) mass is 218 g/mol. The van der Waals surface area contributed by atoms with Crippen LogP contribution in [0.15, 0.2) is 0 Å². The Balaban J connectivity index is 3.27. The number of hydrogen-bond donors (Lipinski definition) is 0. The third kappa shape index (κ3) is 1.42. The second-order valence-electron chi connectivity index (χ2n) is 2.22. The summed E-state index contributed by atoms with van der Waals surface area (Å²) in [6, 6.07) is 0. The molecule has 0 saturated carbocycles. The minimum atomic E-state index is -3.91. The van der Waals surface area contributed by atoms with Gasteiger partial charge in [-0.05, 0) is 6.92 Å². The van der Waals surface area contributed by atoms with E-state index in [2.05, 4.69) is 3.63 Å². The first kappa shape index (κ1) is 9.38. The molecule has 1 fully saturated rings. The van der Waals surface area contributed by atoms with E-state index >= 15 is 0 Å². The van der Waals surface area contributed by atoms with Crippen molar-refractivity contribution in [2.24, 2.45) is 0 Å². The molecule has 1 heterocycles. The average Bonchev–Trinajstić information content (AvgIpc) is 1.91. The Kier molecular flexibility index (Phi) is 2.03. The fourth-order valence-electron chi connectivity index (χ4n) is 0.638. The molecule has 3 unspecified atom stereocenters. The van der Waals surface area contributed by atoms with Crippen molar-refractivity contribution in [3.8, 4) is 0 Å². The van der Waals surface area contributed by atoms with Crippen LogP contribution in [0.4, 0.5) is 0 Å². The fourth-order valence-corrected chi connectivity index (χ4v) is 5.15. The Bertz CT molecular complexity index is 317. The van der Waals surface area contributed by atoms with Gasteiger partial charge in [0.1, 0.15) is 10.2 Å². The van der Waals surface area contributed by atoms with Gasteiger partial charge in [0.25, 0.3) is 20.2 Å². The molecule has 0 aromatic rings. The lowest BCUT2D eigenvalue weighted by molar-refractivity contribution is 0.476. The van der Waals surface area contributed by atoms with Crippen molar-refractivity contribution in [1.29, 1.82) is 0 Å². The van der Waals surface area contributed by atoms with Crippen molar-refractivity contribution in [1.82, 2.24) is 0 Å². The van der Waals surface area contributed by atoms with Gasteiger partial charge < -0.3 is 0 Å². The van der Waals surface area contributed by atoms with Crippen LogP contribution < -0.4 is 0 Å². The van der Waals surface area contributed by atoms with E-state index in [-0.39, 0.29) is 0 Å². The summed E-state index contributed by atoms with van der Waals surface area (Å²) < 4.78 is 47.0. The van der Waals surface area contributed by atoms with Gasteiger partial charge in [-0.3, -0.25) is 0 Å². The summed E-state index contributed by atoms with van der Waals surface area (Å²) in [5.41, 5.74) is 0. The molecular weight excluding hydrogens is 211 g/mol. The summed E-state index contributed by atoms with van der Waals surface area (Å²) >= 11 is 0. The highest BCUT2D eigenvalue weighted by molar-refractivity contribution is 8.06. The van der Waals surface area contributed by atoms with Crippen LogP contribution in [0.25, 0.3) is 0 Å². The summed E-state index contributed by atoms with van der Waals surface area (Å²) in [6.45, 7) is 1.29. The summed E-state index contributed by atoms with van der Waals surface area (Å²) in [5.74, 6) is 0. The Morgan fingerprint density at radius 3 is 1.73 bits per heavy atom. The highest BCUT2D eigenvalue weighted by atomic mass is 32.3. The maximum Gasteiger partial charge on any atom is 0.289 e. The molecule has 0 N–H and O–H groups in total. The van der Waals surface area contributed by atoms with E-state index in [1.165, 1.54) is 6.92 Å². The first-order chi connectivity index (χ1) is 4.77. The van der Waals surface area contributed by atoms with Crippen LogP contribution in [0, 0.1) is 0 Å². The van der Waals surface area contributed by atoms with Crippen LogP contribution in [0.2, 0.25) is 0 Å². The van der Waals surface area contributed by atoms with E-state index < -0.39 is 30.5 Å². The fraction of sp³-hybridized carbons (Fsp3) is 1.00. The molecule has 0 radical (unpaired) electrons. The van der Waals surface area contributed by atoms with Crippen LogP contribution >= 0.6 is 9.24 Å². The third-order valence-corrected chi connectivity index (χ3v) is 7.27. The van der Waals surface area contributed by atoms with E-state index in [1.54, 1.807) is 0 Å². The van der Waals surface area contributed by atoms with Crippen LogP contribution in [-0.2, 0) is 23.9 Å². The van der Waals surface area contributed by atoms with Gasteiger partial charge in [0, 0.05) is 0 Å². The predicted molar refractivity (Wildman–Crippen MR) is 41.9 cm³/mol. The van der Waals surface area contributed by atoms with Gasteiger partial charge in [-0.15, -0.1) is 12.9 Å².